The fourth-order valence-corrected chi connectivity index (χ4v) is 6.56. The average Bonchev–Trinajstić information content (AvgIpc) is 3.71. The lowest BCUT2D eigenvalue weighted by molar-refractivity contribution is 0.0938. The van der Waals surface area contributed by atoms with Crippen LogP contribution in [-0.4, -0.2) is 32.8 Å². The van der Waals surface area contributed by atoms with E-state index >= 15 is 0 Å². The second-order valence-electron chi connectivity index (χ2n) is 9.71. The van der Waals surface area contributed by atoms with Crippen molar-refractivity contribution >= 4 is 29.0 Å². The summed E-state index contributed by atoms with van der Waals surface area (Å²) >= 11 is 2.99. The van der Waals surface area contributed by atoms with Crippen LogP contribution in [-0.2, 0) is 12.2 Å². The molecule has 0 aliphatic carbocycles. The number of hydrogen-bond donors (Lipinski definition) is 1. The summed E-state index contributed by atoms with van der Waals surface area (Å²) in [5.74, 6) is 1.87. The number of hydrogen-bond acceptors (Lipinski definition) is 7. The van der Waals surface area contributed by atoms with Gasteiger partial charge >= 0.3 is 0 Å². The number of ether oxygens (including phenoxy) is 1. The Hall–Kier alpha value is -4.73. The summed E-state index contributed by atoms with van der Waals surface area (Å²) < 4.78 is 7.72. The fraction of sp³-hybridized carbons (Fsp3) is 0.118. The topological polar surface area (TPSA) is 81.9 Å². The van der Waals surface area contributed by atoms with Crippen LogP contribution in [0.1, 0.15) is 44.1 Å². The molecule has 0 atom stereocenters. The van der Waals surface area contributed by atoms with Gasteiger partial charge in [-0.05, 0) is 28.8 Å². The third-order valence-corrected chi connectivity index (χ3v) is 8.85. The number of carbonyl (C=O) groups excluding carboxylic acids is 1. The van der Waals surface area contributed by atoms with Gasteiger partial charge in [-0.2, -0.15) is 0 Å². The molecule has 214 valence electrons. The Morgan fingerprint density at radius 2 is 1.49 bits per heavy atom. The monoisotopic (exact) mass is 603 g/mol. The maximum Gasteiger partial charge on any atom is 0.271 e. The highest BCUT2D eigenvalue weighted by molar-refractivity contribution is 7.98. The van der Waals surface area contributed by atoms with E-state index in [1.54, 1.807) is 7.11 Å². The first-order valence-corrected chi connectivity index (χ1v) is 15.7. The molecule has 0 aliphatic rings. The van der Waals surface area contributed by atoms with Crippen LogP contribution in [0.3, 0.4) is 0 Å². The number of thioether (sulfide) groups is 1. The van der Waals surface area contributed by atoms with Gasteiger partial charge in [-0.15, -0.1) is 21.5 Å². The summed E-state index contributed by atoms with van der Waals surface area (Å²) in [7, 11) is 1.66. The predicted octanol–water partition coefficient (Wildman–Crippen LogP) is 7.13. The maximum absolute atomic E-state index is 13.4. The largest absolute Gasteiger partial charge is 0.495 e. The minimum atomic E-state index is -0.281. The summed E-state index contributed by atoms with van der Waals surface area (Å²) in [5, 5.41) is 15.6. The Balaban J connectivity index is 1.21. The van der Waals surface area contributed by atoms with Gasteiger partial charge in [-0.3, -0.25) is 9.36 Å². The van der Waals surface area contributed by atoms with Gasteiger partial charge in [0, 0.05) is 11.8 Å². The van der Waals surface area contributed by atoms with E-state index in [-0.39, 0.29) is 11.9 Å². The zero-order valence-electron chi connectivity index (χ0n) is 23.5. The van der Waals surface area contributed by atoms with Gasteiger partial charge in [0.05, 0.1) is 24.6 Å². The van der Waals surface area contributed by atoms with Crippen LogP contribution in [0.2, 0.25) is 0 Å². The Morgan fingerprint density at radius 3 is 2.16 bits per heavy atom. The third-order valence-electron chi connectivity index (χ3n) is 6.88. The molecular weight excluding hydrogens is 575 g/mol. The van der Waals surface area contributed by atoms with Crippen LogP contribution in [0, 0.1) is 0 Å². The lowest BCUT2D eigenvalue weighted by Crippen LogP contribution is -2.29. The van der Waals surface area contributed by atoms with E-state index in [0.717, 1.165) is 44.1 Å². The number of aromatic nitrogens is 4. The molecule has 7 nitrogen and oxygen atoms in total. The Labute approximate surface area is 258 Å². The standard InChI is InChI=1S/C34H29N5O2S2/c1-41-29-20-12-11-19-28(29)39-30(21-24-13-5-2-6-14-24)37-38-34(39)43-23-31-35-27(22-42-31)33(40)36-32(25-15-7-3-8-16-25)26-17-9-4-10-18-26/h2-20,22,32H,21,23H2,1H3,(H,36,40). The van der Waals surface area contributed by atoms with Crippen molar-refractivity contribution in [2.24, 2.45) is 0 Å². The van der Waals surface area contributed by atoms with Crippen LogP contribution in [0.25, 0.3) is 5.69 Å². The van der Waals surface area contributed by atoms with Crippen LogP contribution < -0.4 is 10.1 Å². The highest BCUT2D eigenvalue weighted by Crippen LogP contribution is 2.31. The quantitative estimate of drug-likeness (QED) is 0.159. The van der Waals surface area contributed by atoms with E-state index in [2.05, 4.69) is 32.6 Å². The molecule has 0 unspecified atom stereocenters. The molecule has 0 fully saturated rings. The second kappa shape index (κ2) is 13.5. The van der Waals surface area contributed by atoms with Gasteiger partial charge in [0.2, 0.25) is 0 Å². The first-order chi connectivity index (χ1) is 21.2. The number of nitrogens with zero attached hydrogens (tertiary/aromatic N) is 4. The van der Waals surface area contributed by atoms with Crippen LogP contribution in [0.15, 0.2) is 126 Å². The van der Waals surface area contributed by atoms with E-state index in [0.29, 0.717) is 17.9 Å². The smallest absolute Gasteiger partial charge is 0.271 e. The van der Waals surface area contributed by atoms with Gasteiger partial charge in [-0.25, -0.2) is 4.98 Å². The van der Waals surface area contributed by atoms with Crippen molar-refractivity contribution in [1.29, 1.82) is 0 Å². The molecule has 6 rings (SSSR count). The molecule has 1 N–H and O–H groups in total. The number of nitrogens with one attached hydrogen (secondary N) is 1. The van der Waals surface area contributed by atoms with Crippen molar-refractivity contribution in [2.75, 3.05) is 7.11 Å². The lowest BCUT2D eigenvalue weighted by Gasteiger charge is -2.19. The van der Waals surface area contributed by atoms with Crippen molar-refractivity contribution in [2.45, 2.75) is 23.4 Å². The molecule has 4 aromatic carbocycles. The van der Waals surface area contributed by atoms with E-state index in [4.69, 9.17) is 4.74 Å². The summed E-state index contributed by atoms with van der Waals surface area (Å²) in [4.78, 5) is 18.0. The third kappa shape index (κ3) is 6.69. The molecule has 0 saturated carbocycles. The molecule has 0 aliphatic heterocycles. The highest BCUT2D eigenvalue weighted by Gasteiger charge is 2.21. The number of benzene rings is 4. The first-order valence-electron chi connectivity index (χ1n) is 13.8. The minimum Gasteiger partial charge on any atom is -0.495 e. The Bertz CT molecular complexity index is 1750. The van der Waals surface area contributed by atoms with Gasteiger partial charge in [0.15, 0.2) is 5.16 Å². The highest BCUT2D eigenvalue weighted by atomic mass is 32.2. The minimum absolute atomic E-state index is 0.215. The summed E-state index contributed by atoms with van der Waals surface area (Å²) in [5.41, 5.74) is 4.43. The lowest BCUT2D eigenvalue weighted by atomic mass is 9.98. The van der Waals surface area contributed by atoms with Gasteiger partial charge in [0.25, 0.3) is 5.91 Å². The van der Waals surface area contributed by atoms with Crippen molar-refractivity contribution < 1.29 is 9.53 Å². The van der Waals surface area contributed by atoms with E-state index in [9.17, 15) is 4.79 Å². The zero-order valence-corrected chi connectivity index (χ0v) is 25.1. The molecule has 9 heteroatoms. The van der Waals surface area contributed by atoms with Gasteiger partial charge in [0.1, 0.15) is 22.3 Å². The summed E-state index contributed by atoms with van der Waals surface area (Å²) in [6.45, 7) is 0. The Kier molecular flexibility index (Phi) is 8.91. The van der Waals surface area contributed by atoms with Crippen LogP contribution >= 0.6 is 23.1 Å². The number of para-hydroxylation sites is 2. The van der Waals surface area contributed by atoms with Crippen LogP contribution in [0.5, 0.6) is 5.75 Å². The molecule has 0 radical (unpaired) electrons. The molecule has 6 aromatic rings. The predicted molar refractivity (Wildman–Crippen MR) is 171 cm³/mol. The second-order valence-corrected chi connectivity index (χ2v) is 11.6. The molecule has 2 aromatic heterocycles. The number of carbonyl (C=O) groups is 1. The average molecular weight is 604 g/mol. The molecule has 43 heavy (non-hydrogen) atoms. The van der Waals surface area contributed by atoms with E-state index in [1.165, 1.54) is 23.1 Å². The van der Waals surface area contributed by atoms with E-state index < -0.39 is 0 Å². The molecule has 0 saturated heterocycles. The maximum atomic E-state index is 13.4. The summed E-state index contributed by atoms with van der Waals surface area (Å²) in [6, 6.07) is 37.7. The molecule has 2 heterocycles. The van der Waals surface area contributed by atoms with Crippen LogP contribution in [0.4, 0.5) is 0 Å². The Morgan fingerprint density at radius 1 is 0.860 bits per heavy atom. The van der Waals surface area contributed by atoms with Gasteiger partial charge in [-0.1, -0.05) is 115 Å². The number of amides is 1. The molecule has 0 bridgehead atoms. The molecular formula is C34H29N5O2S2. The van der Waals surface area contributed by atoms with E-state index in [1.807, 2.05) is 113 Å². The number of rotatable bonds is 11. The first kappa shape index (κ1) is 28.4. The van der Waals surface area contributed by atoms with Crippen molar-refractivity contribution in [3.8, 4) is 11.4 Å². The molecule has 1 amide bonds. The SMILES string of the molecule is COc1ccccc1-n1c(Cc2ccccc2)nnc1SCc1nc(C(=O)NC(c2ccccc2)c2ccccc2)cs1. The van der Waals surface area contributed by atoms with Crippen molar-refractivity contribution in [1.82, 2.24) is 25.1 Å². The molecule has 0 spiro atoms. The number of methoxy groups -OCH3 is 1. The van der Waals surface area contributed by atoms with Gasteiger partial charge < -0.3 is 10.1 Å². The zero-order chi connectivity index (χ0) is 29.4. The number of thiazole rings is 1. The summed E-state index contributed by atoms with van der Waals surface area (Å²) in [6.07, 6.45) is 0.623. The van der Waals surface area contributed by atoms with Crippen molar-refractivity contribution in [3.63, 3.8) is 0 Å². The van der Waals surface area contributed by atoms with Crippen molar-refractivity contribution in [3.05, 3.63) is 154 Å². The normalized spacial score (nSPS) is 11.0. The fourth-order valence-electron chi connectivity index (χ4n) is 4.81.